The first-order valence-electron chi connectivity index (χ1n) is 5.08. The first kappa shape index (κ1) is 11.4. The molecule has 0 N–H and O–H groups in total. The summed E-state index contributed by atoms with van der Waals surface area (Å²) in [5, 5.41) is 0. The van der Waals surface area contributed by atoms with E-state index in [0.29, 0.717) is 18.4 Å². The third kappa shape index (κ3) is 1.80. The van der Waals surface area contributed by atoms with E-state index in [1.165, 1.54) is 13.2 Å². The number of halogens is 2. The van der Waals surface area contributed by atoms with Crippen LogP contribution < -0.4 is 0 Å². The predicted molar refractivity (Wildman–Crippen MR) is 58.7 cm³/mol. The molecule has 0 saturated heterocycles. The molecule has 16 heavy (non-hydrogen) atoms. The van der Waals surface area contributed by atoms with E-state index in [9.17, 15) is 9.18 Å². The van der Waals surface area contributed by atoms with Gasteiger partial charge in [0, 0.05) is 5.56 Å². The minimum Gasteiger partial charge on any atom is -0.469 e. The van der Waals surface area contributed by atoms with Crippen molar-refractivity contribution >= 4 is 17.6 Å². The number of hydrogen-bond donors (Lipinski definition) is 0. The molecule has 1 aliphatic carbocycles. The number of carbonyl (C=O) groups excluding carboxylic acids is 1. The Morgan fingerprint density at radius 1 is 1.50 bits per heavy atom. The van der Waals surface area contributed by atoms with Crippen LogP contribution >= 0.6 is 11.6 Å². The maximum absolute atomic E-state index is 13.5. The van der Waals surface area contributed by atoms with Crippen LogP contribution in [-0.2, 0) is 14.4 Å². The Balaban J connectivity index is 2.14. The molecule has 1 aliphatic rings. The zero-order valence-electron chi connectivity index (χ0n) is 8.87. The lowest BCUT2D eigenvalue weighted by atomic mass is 9.70. The van der Waals surface area contributed by atoms with Crippen LogP contribution in [0.15, 0.2) is 24.3 Å². The summed E-state index contributed by atoms with van der Waals surface area (Å²) < 4.78 is 18.1. The Kier molecular flexibility index (Phi) is 2.89. The molecule has 2 rings (SSSR count). The lowest BCUT2D eigenvalue weighted by Gasteiger charge is -2.41. The van der Waals surface area contributed by atoms with Crippen LogP contribution in [-0.4, -0.2) is 13.1 Å². The molecule has 0 amide bonds. The van der Waals surface area contributed by atoms with Crippen molar-refractivity contribution in [3.8, 4) is 0 Å². The van der Waals surface area contributed by atoms with Gasteiger partial charge >= 0.3 is 5.97 Å². The van der Waals surface area contributed by atoms with E-state index in [2.05, 4.69) is 4.74 Å². The molecule has 4 heteroatoms. The van der Waals surface area contributed by atoms with E-state index in [4.69, 9.17) is 11.6 Å². The Labute approximate surface area is 98.4 Å². The van der Waals surface area contributed by atoms with Gasteiger partial charge in [0.1, 0.15) is 5.82 Å². The lowest BCUT2D eigenvalue weighted by molar-refractivity contribution is -0.149. The second kappa shape index (κ2) is 4.06. The summed E-state index contributed by atoms with van der Waals surface area (Å²) in [5.41, 5.74) is 0.469. The molecule has 0 aliphatic heterocycles. The molecular weight excluding hydrogens is 231 g/mol. The van der Waals surface area contributed by atoms with Crippen molar-refractivity contribution in [2.45, 2.75) is 17.7 Å². The summed E-state index contributed by atoms with van der Waals surface area (Å²) in [6.07, 6.45) is 0.865. The van der Waals surface area contributed by atoms with Crippen LogP contribution in [0.3, 0.4) is 0 Å². The maximum atomic E-state index is 13.5. The summed E-state index contributed by atoms with van der Waals surface area (Å²) in [4.78, 5) is 10.5. The Hall–Kier alpha value is -1.09. The first-order chi connectivity index (χ1) is 7.57. The summed E-state index contributed by atoms with van der Waals surface area (Å²) >= 11 is 6.29. The molecule has 1 fully saturated rings. The molecule has 0 unspecified atom stereocenters. The highest BCUT2D eigenvalue weighted by Crippen LogP contribution is 2.52. The first-order valence-corrected chi connectivity index (χ1v) is 5.46. The quantitative estimate of drug-likeness (QED) is 0.589. The SMILES string of the molecule is COC(=O)C1CC(Cl)(c2ccccc2F)C1. The van der Waals surface area contributed by atoms with E-state index in [1.54, 1.807) is 18.2 Å². The Bertz CT molecular complexity index is 413. The van der Waals surface area contributed by atoms with Gasteiger partial charge in [0.25, 0.3) is 0 Å². The van der Waals surface area contributed by atoms with E-state index in [-0.39, 0.29) is 17.7 Å². The number of methoxy groups -OCH3 is 1. The smallest absolute Gasteiger partial charge is 0.308 e. The molecular formula is C12H12ClFO2. The highest BCUT2D eigenvalue weighted by Gasteiger charge is 2.49. The standard InChI is InChI=1S/C12H12ClFO2/c1-16-11(15)8-6-12(13,7-8)9-4-2-3-5-10(9)14/h2-5,8H,6-7H2,1H3. The average molecular weight is 243 g/mol. The van der Waals surface area contributed by atoms with E-state index in [0.717, 1.165) is 0 Å². The second-order valence-electron chi connectivity index (χ2n) is 4.07. The van der Waals surface area contributed by atoms with Crippen molar-refractivity contribution in [3.05, 3.63) is 35.6 Å². The molecule has 2 nitrogen and oxygen atoms in total. The minimum absolute atomic E-state index is 0.206. The highest BCUT2D eigenvalue weighted by atomic mass is 35.5. The van der Waals surface area contributed by atoms with Crippen LogP contribution in [0.4, 0.5) is 4.39 Å². The second-order valence-corrected chi connectivity index (χ2v) is 4.80. The maximum Gasteiger partial charge on any atom is 0.308 e. The summed E-state index contributed by atoms with van der Waals surface area (Å²) in [6, 6.07) is 6.41. The predicted octanol–water partition coefficient (Wildman–Crippen LogP) is 2.84. The molecule has 0 spiro atoms. The summed E-state index contributed by atoms with van der Waals surface area (Å²) in [5.74, 6) is -0.796. The molecule has 0 aromatic heterocycles. The highest BCUT2D eigenvalue weighted by molar-refractivity contribution is 6.25. The zero-order chi connectivity index (χ0) is 11.8. The van der Waals surface area contributed by atoms with Gasteiger partial charge in [-0.2, -0.15) is 0 Å². The monoisotopic (exact) mass is 242 g/mol. The van der Waals surface area contributed by atoms with Crippen LogP contribution in [0.2, 0.25) is 0 Å². The minimum atomic E-state index is -0.746. The third-order valence-corrected chi connectivity index (χ3v) is 3.54. The van der Waals surface area contributed by atoms with Crippen molar-refractivity contribution in [2.75, 3.05) is 7.11 Å². The van der Waals surface area contributed by atoms with Gasteiger partial charge in [-0.15, -0.1) is 11.6 Å². The lowest BCUT2D eigenvalue weighted by Crippen LogP contribution is -2.41. The third-order valence-electron chi connectivity index (χ3n) is 3.03. The number of alkyl halides is 1. The van der Waals surface area contributed by atoms with Gasteiger partial charge in [-0.25, -0.2) is 4.39 Å². The topological polar surface area (TPSA) is 26.3 Å². The molecule has 1 aromatic rings. The van der Waals surface area contributed by atoms with Crippen LogP contribution in [0, 0.1) is 11.7 Å². The number of benzene rings is 1. The molecule has 0 atom stereocenters. The van der Waals surface area contributed by atoms with Gasteiger partial charge in [-0.3, -0.25) is 4.79 Å². The zero-order valence-corrected chi connectivity index (χ0v) is 9.63. The van der Waals surface area contributed by atoms with E-state index < -0.39 is 4.87 Å². The Morgan fingerprint density at radius 2 is 2.12 bits per heavy atom. The number of rotatable bonds is 2. The van der Waals surface area contributed by atoms with Gasteiger partial charge in [0.15, 0.2) is 0 Å². The summed E-state index contributed by atoms with van der Waals surface area (Å²) in [6.45, 7) is 0. The molecule has 0 heterocycles. The molecule has 86 valence electrons. The van der Waals surface area contributed by atoms with Crippen molar-refractivity contribution in [2.24, 2.45) is 5.92 Å². The largest absolute Gasteiger partial charge is 0.469 e. The van der Waals surface area contributed by atoms with Gasteiger partial charge in [-0.1, -0.05) is 18.2 Å². The Morgan fingerprint density at radius 3 is 2.69 bits per heavy atom. The van der Waals surface area contributed by atoms with Crippen molar-refractivity contribution in [1.82, 2.24) is 0 Å². The molecule has 0 radical (unpaired) electrons. The molecule has 1 saturated carbocycles. The van der Waals surface area contributed by atoms with Crippen LogP contribution in [0.25, 0.3) is 0 Å². The number of ether oxygens (including phenoxy) is 1. The summed E-state index contributed by atoms with van der Waals surface area (Å²) in [7, 11) is 1.35. The van der Waals surface area contributed by atoms with Gasteiger partial charge in [0.05, 0.1) is 17.9 Å². The van der Waals surface area contributed by atoms with Crippen molar-refractivity contribution in [1.29, 1.82) is 0 Å². The van der Waals surface area contributed by atoms with Gasteiger partial charge < -0.3 is 4.74 Å². The van der Waals surface area contributed by atoms with Crippen LogP contribution in [0.5, 0.6) is 0 Å². The van der Waals surface area contributed by atoms with E-state index in [1.807, 2.05) is 0 Å². The average Bonchev–Trinajstić information content (AvgIpc) is 2.24. The van der Waals surface area contributed by atoms with Crippen molar-refractivity contribution < 1.29 is 13.9 Å². The normalized spacial score (nSPS) is 28.3. The van der Waals surface area contributed by atoms with Crippen LogP contribution in [0.1, 0.15) is 18.4 Å². The fourth-order valence-electron chi connectivity index (χ4n) is 2.10. The number of hydrogen-bond acceptors (Lipinski definition) is 2. The van der Waals surface area contributed by atoms with Crippen molar-refractivity contribution in [3.63, 3.8) is 0 Å². The number of esters is 1. The molecule has 0 bridgehead atoms. The fraction of sp³-hybridized carbons (Fsp3) is 0.417. The molecule has 1 aromatic carbocycles. The fourth-order valence-corrected chi connectivity index (χ4v) is 2.62. The number of carbonyl (C=O) groups is 1. The van der Waals surface area contributed by atoms with Gasteiger partial charge in [0.2, 0.25) is 0 Å². The van der Waals surface area contributed by atoms with Gasteiger partial charge in [-0.05, 0) is 18.9 Å². The van der Waals surface area contributed by atoms with E-state index >= 15 is 0 Å².